The van der Waals surface area contributed by atoms with Gasteiger partial charge in [0.05, 0.1) is 12.5 Å². The highest BCUT2D eigenvalue weighted by atomic mass is 16.7. The zero-order valence-electron chi connectivity index (χ0n) is 10.9. The molecular formula is C14H18O4. The Balaban J connectivity index is 2.16. The number of rotatable bonds is 3. The van der Waals surface area contributed by atoms with Gasteiger partial charge in [-0.25, -0.2) is 0 Å². The second kappa shape index (κ2) is 4.61. The van der Waals surface area contributed by atoms with E-state index in [-0.39, 0.29) is 5.92 Å². The van der Waals surface area contributed by atoms with Gasteiger partial charge in [-0.15, -0.1) is 0 Å². The first-order valence-electron chi connectivity index (χ1n) is 6.05. The molecule has 4 heteroatoms. The van der Waals surface area contributed by atoms with Crippen molar-refractivity contribution >= 4 is 5.97 Å². The van der Waals surface area contributed by atoms with E-state index < -0.39 is 11.8 Å². The lowest BCUT2D eigenvalue weighted by Gasteiger charge is -2.32. The summed E-state index contributed by atoms with van der Waals surface area (Å²) in [7, 11) is 0. The molecule has 0 unspecified atom stereocenters. The summed E-state index contributed by atoms with van der Waals surface area (Å²) in [6.07, 6.45) is 0.520. The standard InChI is InChI=1S/C14H18O4/c1-9(13(15)16)6-10-4-5-12-11(7-10)8-17-14(2,3)18-12/h4-5,7,9H,6,8H2,1-3H3,(H,15,16)/t9-/m0/s1. The van der Waals surface area contributed by atoms with Crippen LogP contribution in [-0.4, -0.2) is 16.9 Å². The van der Waals surface area contributed by atoms with Crippen LogP contribution in [0, 0.1) is 5.92 Å². The topological polar surface area (TPSA) is 55.8 Å². The lowest BCUT2D eigenvalue weighted by Crippen LogP contribution is -2.35. The number of aliphatic carboxylic acids is 1. The number of fused-ring (bicyclic) bond motifs is 1. The molecule has 0 aromatic heterocycles. The van der Waals surface area contributed by atoms with E-state index in [4.69, 9.17) is 14.6 Å². The molecule has 18 heavy (non-hydrogen) atoms. The molecule has 1 N–H and O–H groups in total. The summed E-state index contributed by atoms with van der Waals surface area (Å²) < 4.78 is 11.2. The van der Waals surface area contributed by atoms with Gasteiger partial charge in [0, 0.05) is 19.4 Å². The van der Waals surface area contributed by atoms with Crippen LogP contribution in [0.4, 0.5) is 0 Å². The predicted octanol–water partition coefficient (Wildman–Crippen LogP) is 2.59. The number of ether oxygens (including phenoxy) is 2. The Labute approximate surface area is 107 Å². The number of carbonyl (C=O) groups is 1. The van der Waals surface area contributed by atoms with Crippen LogP contribution < -0.4 is 4.74 Å². The zero-order chi connectivity index (χ0) is 13.3. The lowest BCUT2D eigenvalue weighted by atomic mass is 9.99. The average Bonchev–Trinajstić information content (AvgIpc) is 2.28. The SMILES string of the molecule is C[C@@H](Cc1ccc2c(c1)COC(C)(C)O2)C(=O)O. The van der Waals surface area contributed by atoms with E-state index in [1.54, 1.807) is 6.92 Å². The molecule has 4 nitrogen and oxygen atoms in total. The van der Waals surface area contributed by atoms with Gasteiger partial charge in [0.1, 0.15) is 5.75 Å². The monoisotopic (exact) mass is 250 g/mol. The van der Waals surface area contributed by atoms with Crippen molar-refractivity contribution in [2.75, 3.05) is 0 Å². The van der Waals surface area contributed by atoms with Crippen molar-refractivity contribution in [3.63, 3.8) is 0 Å². The number of carboxylic acids is 1. The summed E-state index contributed by atoms with van der Waals surface area (Å²) >= 11 is 0. The highest BCUT2D eigenvalue weighted by Crippen LogP contribution is 2.32. The maximum Gasteiger partial charge on any atom is 0.306 e. The van der Waals surface area contributed by atoms with E-state index >= 15 is 0 Å². The minimum Gasteiger partial charge on any atom is -0.481 e. The largest absolute Gasteiger partial charge is 0.481 e. The van der Waals surface area contributed by atoms with Crippen LogP contribution in [0.15, 0.2) is 18.2 Å². The maximum absolute atomic E-state index is 10.8. The van der Waals surface area contributed by atoms with Gasteiger partial charge in [0.2, 0.25) is 5.79 Å². The van der Waals surface area contributed by atoms with Gasteiger partial charge in [-0.3, -0.25) is 4.79 Å². The molecule has 1 aliphatic rings. The van der Waals surface area contributed by atoms with Crippen LogP contribution in [-0.2, 0) is 22.6 Å². The van der Waals surface area contributed by atoms with Crippen molar-refractivity contribution in [2.24, 2.45) is 5.92 Å². The van der Waals surface area contributed by atoms with E-state index in [2.05, 4.69) is 0 Å². The van der Waals surface area contributed by atoms with Gasteiger partial charge < -0.3 is 14.6 Å². The number of hydrogen-bond donors (Lipinski definition) is 1. The molecule has 0 bridgehead atoms. The lowest BCUT2D eigenvalue weighted by molar-refractivity contribution is -0.180. The summed E-state index contributed by atoms with van der Waals surface area (Å²) in [5, 5.41) is 8.90. The molecule has 0 saturated heterocycles. The van der Waals surface area contributed by atoms with Gasteiger partial charge in [0.25, 0.3) is 0 Å². The summed E-state index contributed by atoms with van der Waals surface area (Å²) in [5.74, 6) is -0.938. The Morgan fingerprint density at radius 1 is 1.50 bits per heavy atom. The minimum absolute atomic E-state index is 0.384. The first-order chi connectivity index (χ1) is 8.37. The van der Waals surface area contributed by atoms with Crippen molar-refractivity contribution < 1.29 is 19.4 Å². The predicted molar refractivity (Wildman–Crippen MR) is 66.4 cm³/mol. The second-order valence-electron chi connectivity index (χ2n) is 5.18. The smallest absolute Gasteiger partial charge is 0.306 e. The van der Waals surface area contributed by atoms with E-state index in [0.29, 0.717) is 13.0 Å². The number of hydrogen-bond acceptors (Lipinski definition) is 3. The van der Waals surface area contributed by atoms with Crippen molar-refractivity contribution in [1.82, 2.24) is 0 Å². The molecule has 1 aromatic carbocycles. The minimum atomic E-state index is -0.777. The Kier molecular flexibility index (Phi) is 3.30. The van der Waals surface area contributed by atoms with Gasteiger partial charge >= 0.3 is 5.97 Å². The van der Waals surface area contributed by atoms with Crippen molar-refractivity contribution in [3.05, 3.63) is 29.3 Å². The van der Waals surface area contributed by atoms with Crippen LogP contribution in [0.25, 0.3) is 0 Å². The van der Waals surface area contributed by atoms with Crippen LogP contribution >= 0.6 is 0 Å². The zero-order valence-corrected chi connectivity index (χ0v) is 10.9. The third kappa shape index (κ3) is 2.82. The molecule has 0 saturated carbocycles. The third-order valence-electron chi connectivity index (χ3n) is 3.02. The molecule has 0 amide bonds. The van der Waals surface area contributed by atoms with E-state index in [9.17, 15) is 4.79 Å². The number of benzene rings is 1. The van der Waals surface area contributed by atoms with Gasteiger partial charge in [-0.2, -0.15) is 0 Å². The fourth-order valence-electron chi connectivity index (χ4n) is 1.96. The van der Waals surface area contributed by atoms with Crippen LogP contribution in [0.3, 0.4) is 0 Å². The Morgan fingerprint density at radius 2 is 2.22 bits per heavy atom. The molecule has 1 aromatic rings. The normalized spacial score (nSPS) is 18.6. The fourth-order valence-corrected chi connectivity index (χ4v) is 1.96. The van der Waals surface area contributed by atoms with Crippen molar-refractivity contribution in [3.8, 4) is 5.75 Å². The Hall–Kier alpha value is -1.55. The number of carboxylic acid groups (broad SMARTS) is 1. The second-order valence-corrected chi connectivity index (χ2v) is 5.18. The molecule has 1 atom stereocenters. The molecule has 1 heterocycles. The third-order valence-corrected chi connectivity index (χ3v) is 3.02. The summed E-state index contributed by atoms with van der Waals surface area (Å²) in [6.45, 7) is 5.95. The van der Waals surface area contributed by atoms with E-state index in [1.807, 2.05) is 32.0 Å². The quantitative estimate of drug-likeness (QED) is 0.895. The van der Waals surface area contributed by atoms with Crippen LogP contribution in [0.1, 0.15) is 31.9 Å². The molecule has 98 valence electrons. The maximum atomic E-state index is 10.8. The van der Waals surface area contributed by atoms with Gasteiger partial charge in [-0.05, 0) is 24.1 Å². The summed E-state index contributed by atoms with van der Waals surface area (Å²) in [5.41, 5.74) is 1.97. The van der Waals surface area contributed by atoms with Crippen molar-refractivity contribution in [1.29, 1.82) is 0 Å². The van der Waals surface area contributed by atoms with E-state index in [1.165, 1.54) is 0 Å². The Morgan fingerprint density at radius 3 is 2.89 bits per heavy atom. The summed E-state index contributed by atoms with van der Waals surface area (Å²) in [4.78, 5) is 10.8. The first kappa shape index (κ1) is 12.9. The Bertz CT molecular complexity index is 465. The van der Waals surface area contributed by atoms with Gasteiger partial charge in [0.15, 0.2) is 0 Å². The van der Waals surface area contributed by atoms with Crippen LogP contribution in [0.2, 0.25) is 0 Å². The molecule has 2 rings (SSSR count). The average molecular weight is 250 g/mol. The van der Waals surface area contributed by atoms with E-state index in [0.717, 1.165) is 16.9 Å². The molecule has 1 aliphatic heterocycles. The molecule has 0 spiro atoms. The molecule has 0 aliphatic carbocycles. The van der Waals surface area contributed by atoms with Crippen molar-refractivity contribution in [2.45, 2.75) is 39.6 Å². The first-order valence-corrected chi connectivity index (χ1v) is 6.05. The molecule has 0 radical (unpaired) electrons. The van der Waals surface area contributed by atoms with Crippen LogP contribution in [0.5, 0.6) is 5.75 Å². The fraction of sp³-hybridized carbons (Fsp3) is 0.500. The highest BCUT2D eigenvalue weighted by molar-refractivity contribution is 5.69. The molecule has 0 fully saturated rings. The van der Waals surface area contributed by atoms with Gasteiger partial charge in [-0.1, -0.05) is 13.0 Å². The summed E-state index contributed by atoms with van der Waals surface area (Å²) in [6, 6.07) is 5.77. The molecular weight excluding hydrogens is 232 g/mol. The highest BCUT2D eigenvalue weighted by Gasteiger charge is 2.27.